The molecule has 0 aliphatic carbocycles. The maximum absolute atomic E-state index is 9.66. The van der Waals surface area contributed by atoms with Gasteiger partial charge in [-0.1, -0.05) is 56.6 Å². The highest BCUT2D eigenvalue weighted by molar-refractivity contribution is 6.32. The topological polar surface area (TPSA) is 53.2 Å². The number of aromatic hydroxyl groups is 1. The zero-order valence-corrected chi connectivity index (χ0v) is 16.0. The van der Waals surface area contributed by atoms with Gasteiger partial charge in [0.1, 0.15) is 11.8 Å². The first-order chi connectivity index (χ1) is 12.6. The lowest BCUT2D eigenvalue weighted by Crippen LogP contribution is -1.98. The van der Waals surface area contributed by atoms with Crippen LogP contribution in [-0.4, -0.2) is 11.7 Å². The summed E-state index contributed by atoms with van der Waals surface area (Å²) in [7, 11) is 0. The maximum atomic E-state index is 9.66. The molecule has 3 rings (SSSR count). The predicted octanol–water partition coefficient (Wildman–Crippen LogP) is 6.55. The number of ether oxygens (including phenoxy) is 1. The molecule has 0 heterocycles. The second-order valence-electron chi connectivity index (χ2n) is 5.51. The fourth-order valence-electron chi connectivity index (χ4n) is 2.71. The number of rotatable bonds is 4. The van der Waals surface area contributed by atoms with Gasteiger partial charge in [0.25, 0.3) is 0 Å². The van der Waals surface area contributed by atoms with Crippen LogP contribution in [0.1, 0.15) is 32.8 Å². The molecule has 134 valence electrons. The molecule has 0 aliphatic rings. The van der Waals surface area contributed by atoms with E-state index < -0.39 is 0 Å². The second-order valence-corrected chi connectivity index (χ2v) is 5.91. The molecule has 0 atom stereocenters. The Kier molecular flexibility index (Phi) is 6.89. The minimum atomic E-state index is 0.221. The predicted molar refractivity (Wildman–Crippen MR) is 108 cm³/mol. The van der Waals surface area contributed by atoms with E-state index in [9.17, 15) is 10.4 Å². The Labute approximate surface area is 159 Å². The van der Waals surface area contributed by atoms with Crippen LogP contribution in [0.15, 0.2) is 48.5 Å². The number of phenolic OH excluding ortho intramolecular Hbond substituents is 1. The van der Waals surface area contributed by atoms with Gasteiger partial charge in [-0.3, -0.25) is 0 Å². The third kappa shape index (κ3) is 4.09. The van der Waals surface area contributed by atoms with Crippen LogP contribution in [0, 0.1) is 11.3 Å². The van der Waals surface area contributed by atoms with Gasteiger partial charge in [-0.25, -0.2) is 0 Å². The van der Waals surface area contributed by atoms with Crippen LogP contribution in [0.4, 0.5) is 0 Å². The first-order valence-corrected chi connectivity index (χ1v) is 9.10. The maximum Gasteiger partial charge on any atom is 0.155 e. The summed E-state index contributed by atoms with van der Waals surface area (Å²) < 4.78 is 5.61. The summed E-state index contributed by atoms with van der Waals surface area (Å²) in [5, 5.41) is 21.4. The Balaban J connectivity index is 0.00000117. The standard InChI is InChI=1S/C20H16ClNO2.C2H6/c1-2-8-24-20-15(12-22)9-14(11-19(20)21)17-5-3-4-13-10-16(23)6-7-18(13)17;1-2/h3-7,9-11,23H,2,8H2,1H3;1-2H3. The number of nitrogens with zero attached hydrogens (tertiary/aromatic N) is 1. The van der Waals surface area contributed by atoms with Crippen molar-refractivity contribution < 1.29 is 9.84 Å². The van der Waals surface area contributed by atoms with Crippen molar-refractivity contribution in [3.63, 3.8) is 0 Å². The first kappa shape index (κ1) is 19.6. The summed E-state index contributed by atoms with van der Waals surface area (Å²) in [5.74, 6) is 0.654. The van der Waals surface area contributed by atoms with Crippen LogP contribution in [0.2, 0.25) is 5.02 Å². The highest BCUT2D eigenvalue weighted by Crippen LogP contribution is 2.37. The molecule has 0 aromatic heterocycles. The van der Waals surface area contributed by atoms with E-state index in [0.29, 0.717) is 22.9 Å². The van der Waals surface area contributed by atoms with Gasteiger partial charge in [0.05, 0.1) is 17.2 Å². The summed E-state index contributed by atoms with van der Waals surface area (Å²) in [6, 6.07) is 16.8. The number of nitriles is 1. The van der Waals surface area contributed by atoms with E-state index >= 15 is 0 Å². The zero-order valence-electron chi connectivity index (χ0n) is 15.2. The minimum Gasteiger partial charge on any atom is -0.508 e. The van der Waals surface area contributed by atoms with Crippen molar-refractivity contribution in [1.82, 2.24) is 0 Å². The summed E-state index contributed by atoms with van der Waals surface area (Å²) in [5.41, 5.74) is 2.21. The monoisotopic (exact) mass is 367 g/mol. The molecule has 0 aliphatic heterocycles. The van der Waals surface area contributed by atoms with Gasteiger partial charge in [-0.2, -0.15) is 5.26 Å². The molecule has 0 saturated carbocycles. The van der Waals surface area contributed by atoms with E-state index in [4.69, 9.17) is 16.3 Å². The van der Waals surface area contributed by atoms with Crippen molar-refractivity contribution in [2.75, 3.05) is 6.61 Å². The molecule has 1 N–H and O–H groups in total. The van der Waals surface area contributed by atoms with Gasteiger partial charge in [-0.05, 0) is 52.6 Å². The molecule has 0 spiro atoms. The van der Waals surface area contributed by atoms with Crippen LogP contribution >= 0.6 is 11.6 Å². The van der Waals surface area contributed by atoms with E-state index in [1.807, 2.05) is 51.1 Å². The Hall–Kier alpha value is -2.70. The van der Waals surface area contributed by atoms with Crippen molar-refractivity contribution in [3.8, 4) is 28.7 Å². The fourth-order valence-corrected chi connectivity index (χ4v) is 2.98. The lowest BCUT2D eigenvalue weighted by atomic mass is 9.96. The SMILES string of the molecule is CC.CCCOc1c(Cl)cc(-c2cccc3cc(O)ccc23)cc1C#N. The summed E-state index contributed by atoms with van der Waals surface area (Å²) in [4.78, 5) is 0. The van der Waals surface area contributed by atoms with Gasteiger partial charge in [-0.15, -0.1) is 0 Å². The highest BCUT2D eigenvalue weighted by atomic mass is 35.5. The molecule has 0 fully saturated rings. The van der Waals surface area contributed by atoms with E-state index in [0.717, 1.165) is 28.3 Å². The summed E-state index contributed by atoms with van der Waals surface area (Å²) >= 11 is 6.36. The van der Waals surface area contributed by atoms with Crippen LogP contribution in [0.25, 0.3) is 21.9 Å². The average molecular weight is 368 g/mol. The highest BCUT2D eigenvalue weighted by Gasteiger charge is 2.13. The second kappa shape index (κ2) is 9.12. The van der Waals surface area contributed by atoms with Crippen molar-refractivity contribution in [1.29, 1.82) is 5.26 Å². The Morgan fingerprint density at radius 1 is 1.12 bits per heavy atom. The molecule has 3 nitrogen and oxygen atoms in total. The van der Waals surface area contributed by atoms with Gasteiger partial charge in [0, 0.05) is 0 Å². The van der Waals surface area contributed by atoms with Crippen LogP contribution in [-0.2, 0) is 0 Å². The van der Waals surface area contributed by atoms with Crippen molar-refractivity contribution in [3.05, 3.63) is 59.1 Å². The molecule has 3 aromatic rings. The van der Waals surface area contributed by atoms with Gasteiger partial charge in [0.15, 0.2) is 5.75 Å². The third-order valence-corrected chi connectivity index (χ3v) is 4.07. The number of hydrogen-bond acceptors (Lipinski definition) is 3. The van der Waals surface area contributed by atoms with Gasteiger partial charge >= 0.3 is 0 Å². The number of hydrogen-bond donors (Lipinski definition) is 1. The molecular formula is C22H22ClNO2. The molecular weight excluding hydrogens is 346 g/mol. The van der Waals surface area contributed by atoms with Gasteiger partial charge in [0.2, 0.25) is 0 Å². The molecule has 0 saturated heterocycles. The van der Waals surface area contributed by atoms with Gasteiger partial charge < -0.3 is 9.84 Å². The number of fused-ring (bicyclic) bond motifs is 1. The number of benzene rings is 3. The quantitative estimate of drug-likeness (QED) is 0.568. The van der Waals surface area contributed by atoms with Crippen LogP contribution < -0.4 is 4.74 Å². The van der Waals surface area contributed by atoms with E-state index in [2.05, 4.69) is 6.07 Å². The van der Waals surface area contributed by atoms with E-state index in [-0.39, 0.29) is 5.75 Å². The number of halogens is 1. The fraction of sp³-hybridized carbons (Fsp3) is 0.227. The van der Waals surface area contributed by atoms with E-state index in [1.165, 1.54) is 0 Å². The molecule has 0 bridgehead atoms. The number of phenols is 1. The third-order valence-electron chi connectivity index (χ3n) is 3.79. The van der Waals surface area contributed by atoms with Crippen molar-refractivity contribution in [2.45, 2.75) is 27.2 Å². The van der Waals surface area contributed by atoms with Crippen molar-refractivity contribution >= 4 is 22.4 Å². The van der Waals surface area contributed by atoms with Crippen LogP contribution in [0.5, 0.6) is 11.5 Å². The molecule has 0 amide bonds. The normalized spacial score (nSPS) is 9.96. The lowest BCUT2D eigenvalue weighted by Gasteiger charge is -2.13. The Morgan fingerprint density at radius 3 is 2.58 bits per heavy atom. The van der Waals surface area contributed by atoms with Crippen molar-refractivity contribution in [2.24, 2.45) is 0 Å². The molecule has 4 heteroatoms. The first-order valence-electron chi connectivity index (χ1n) is 8.72. The van der Waals surface area contributed by atoms with E-state index in [1.54, 1.807) is 18.2 Å². The average Bonchev–Trinajstić information content (AvgIpc) is 2.67. The van der Waals surface area contributed by atoms with Crippen LogP contribution in [0.3, 0.4) is 0 Å². The zero-order chi connectivity index (χ0) is 19.1. The largest absolute Gasteiger partial charge is 0.508 e. The lowest BCUT2D eigenvalue weighted by molar-refractivity contribution is 0.317. The molecule has 0 radical (unpaired) electrons. The molecule has 3 aromatic carbocycles. The summed E-state index contributed by atoms with van der Waals surface area (Å²) in [6.07, 6.45) is 0.843. The molecule has 0 unspecified atom stereocenters. The Morgan fingerprint density at radius 2 is 1.88 bits per heavy atom. The smallest absolute Gasteiger partial charge is 0.155 e. The summed E-state index contributed by atoms with van der Waals surface area (Å²) in [6.45, 7) is 6.52. The Bertz CT molecular complexity index is 945. The minimum absolute atomic E-state index is 0.221. The molecule has 26 heavy (non-hydrogen) atoms.